The van der Waals surface area contributed by atoms with Gasteiger partial charge in [-0.2, -0.15) is 0 Å². The van der Waals surface area contributed by atoms with Crippen molar-refractivity contribution in [1.82, 2.24) is 4.90 Å². The summed E-state index contributed by atoms with van der Waals surface area (Å²) in [6.07, 6.45) is 2.80. The van der Waals surface area contributed by atoms with E-state index >= 15 is 0 Å². The number of hydrogen-bond acceptors (Lipinski definition) is 4. The normalized spacial score (nSPS) is 15.2. The van der Waals surface area contributed by atoms with Crippen LogP contribution in [0.15, 0.2) is 42.5 Å². The molecule has 1 heterocycles. The van der Waals surface area contributed by atoms with Gasteiger partial charge in [-0.1, -0.05) is 38.1 Å². The first-order chi connectivity index (χ1) is 15.0. The molecule has 6 heteroatoms. The molecule has 1 unspecified atom stereocenters. The third-order valence-corrected chi connectivity index (χ3v) is 5.35. The summed E-state index contributed by atoms with van der Waals surface area (Å²) < 4.78 is 11.6. The Kier molecular flexibility index (Phi) is 7.93. The Morgan fingerprint density at radius 1 is 1.03 bits per heavy atom. The van der Waals surface area contributed by atoms with Gasteiger partial charge in [-0.15, -0.1) is 0 Å². The maximum absolute atomic E-state index is 12.9. The number of rotatable bonds is 9. The lowest BCUT2D eigenvalue weighted by atomic mass is 9.90. The number of carbonyl (C=O) groups is 2. The van der Waals surface area contributed by atoms with E-state index in [2.05, 4.69) is 18.3 Å². The van der Waals surface area contributed by atoms with Crippen molar-refractivity contribution in [3.63, 3.8) is 0 Å². The van der Waals surface area contributed by atoms with E-state index in [1.807, 2.05) is 37.3 Å². The van der Waals surface area contributed by atoms with E-state index < -0.39 is 0 Å². The molecule has 0 saturated heterocycles. The summed E-state index contributed by atoms with van der Waals surface area (Å²) in [6, 6.07) is 13.2. The molecular weight excluding hydrogens is 392 g/mol. The van der Waals surface area contributed by atoms with E-state index in [0.717, 1.165) is 24.8 Å². The number of ether oxygens (including phenoxy) is 2. The van der Waals surface area contributed by atoms with Gasteiger partial charge in [0.25, 0.3) is 0 Å². The Bertz CT molecular complexity index is 912. The molecule has 2 amide bonds. The van der Waals surface area contributed by atoms with Gasteiger partial charge in [0.05, 0.1) is 25.7 Å². The summed E-state index contributed by atoms with van der Waals surface area (Å²) in [5.74, 6) is 1.15. The molecule has 2 aromatic rings. The predicted molar refractivity (Wildman–Crippen MR) is 122 cm³/mol. The van der Waals surface area contributed by atoms with Crippen molar-refractivity contribution < 1.29 is 19.1 Å². The second-order valence-electron chi connectivity index (χ2n) is 7.79. The van der Waals surface area contributed by atoms with Crippen molar-refractivity contribution in [2.75, 3.05) is 25.1 Å². The lowest BCUT2D eigenvalue weighted by Crippen LogP contribution is -2.40. The largest absolute Gasteiger partial charge is 0.490 e. The Labute approximate surface area is 184 Å². The van der Waals surface area contributed by atoms with Gasteiger partial charge in [0.1, 0.15) is 0 Å². The molecule has 0 aliphatic carbocycles. The molecule has 1 atom stereocenters. The van der Waals surface area contributed by atoms with Gasteiger partial charge in [-0.05, 0) is 42.5 Å². The van der Waals surface area contributed by atoms with Crippen LogP contribution in [0.4, 0.5) is 5.69 Å². The number of amides is 2. The first-order valence-corrected chi connectivity index (χ1v) is 11.1. The van der Waals surface area contributed by atoms with Crippen LogP contribution in [0.2, 0.25) is 0 Å². The van der Waals surface area contributed by atoms with E-state index in [1.54, 1.807) is 17.9 Å². The number of fused-ring (bicyclic) bond motifs is 1. The van der Waals surface area contributed by atoms with Gasteiger partial charge in [0.15, 0.2) is 11.5 Å². The predicted octanol–water partition coefficient (Wildman–Crippen LogP) is 4.74. The Balaban J connectivity index is 1.75. The molecule has 0 radical (unpaired) electrons. The van der Waals surface area contributed by atoms with Crippen LogP contribution in [0, 0.1) is 0 Å². The van der Waals surface area contributed by atoms with Crippen LogP contribution in [0.3, 0.4) is 0 Å². The molecule has 6 nitrogen and oxygen atoms in total. The minimum absolute atomic E-state index is 0.0139. The average molecular weight is 425 g/mol. The lowest BCUT2D eigenvalue weighted by Gasteiger charge is -2.36. The highest BCUT2D eigenvalue weighted by molar-refractivity contribution is 5.92. The molecule has 0 spiro atoms. The summed E-state index contributed by atoms with van der Waals surface area (Å²) in [4.78, 5) is 26.9. The molecule has 1 aliphatic rings. The van der Waals surface area contributed by atoms with Crippen LogP contribution in [-0.2, 0) is 16.0 Å². The van der Waals surface area contributed by atoms with Crippen molar-refractivity contribution in [1.29, 1.82) is 0 Å². The van der Waals surface area contributed by atoms with E-state index in [4.69, 9.17) is 9.47 Å². The Morgan fingerprint density at radius 3 is 2.45 bits per heavy atom. The standard InChI is InChI=1S/C25H32N2O4/c1-4-14-30-23-11-10-20(16-24(23)31-15-5-2)26-25(29)17-22-21-9-7-6-8-19(21)12-13-27(22)18(3)28/h6-11,16,22H,4-5,12-15,17H2,1-3H3,(H,26,29). The maximum atomic E-state index is 12.9. The van der Waals surface area contributed by atoms with Crippen molar-refractivity contribution in [2.24, 2.45) is 0 Å². The van der Waals surface area contributed by atoms with E-state index in [0.29, 0.717) is 36.9 Å². The zero-order chi connectivity index (χ0) is 22.2. The topological polar surface area (TPSA) is 67.9 Å². The van der Waals surface area contributed by atoms with E-state index in [1.165, 1.54) is 5.56 Å². The molecule has 3 rings (SSSR count). The molecule has 0 saturated carbocycles. The number of nitrogens with zero attached hydrogens (tertiary/aromatic N) is 1. The summed E-state index contributed by atoms with van der Waals surface area (Å²) in [7, 11) is 0. The summed E-state index contributed by atoms with van der Waals surface area (Å²) >= 11 is 0. The van der Waals surface area contributed by atoms with Crippen molar-refractivity contribution in [2.45, 2.75) is 52.5 Å². The highest BCUT2D eigenvalue weighted by Crippen LogP contribution is 2.34. The SMILES string of the molecule is CCCOc1ccc(NC(=O)CC2c3ccccc3CCN2C(C)=O)cc1OCCC. The molecule has 166 valence electrons. The molecule has 31 heavy (non-hydrogen) atoms. The number of hydrogen-bond donors (Lipinski definition) is 1. The van der Waals surface area contributed by atoms with Crippen LogP contribution in [-0.4, -0.2) is 36.5 Å². The first-order valence-electron chi connectivity index (χ1n) is 11.1. The van der Waals surface area contributed by atoms with Gasteiger partial charge in [-0.25, -0.2) is 0 Å². The van der Waals surface area contributed by atoms with Crippen LogP contribution >= 0.6 is 0 Å². The number of benzene rings is 2. The molecule has 2 aromatic carbocycles. The van der Waals surface area contributed by atoms with Crippen molar-refractivity contribution in [3.8, 4) is 11.5 Å². The van der Waals surface area contributed by atoms with Crippen LogP contribution in [0.5, 0.6) is 11.5 Å². The zero-order valence-electron chi connectivity index (χ0n) is 18.6. The molecule has 0 fully saturated rings. The molecule has 0 aromatic heterocycles. The second kappa shape index (κ2) is 10.8. The minimum atomic E-state index is -0.259. The van der Waals surface area contributed by atoms with Gasteiger partial charge in [-0.3, -0.25) is 9.59 Å². The van der Waals surface area contributed by atoms with Crippen LogP contribution in [0.25, 0.3) is 0 Å². The highest BCUT2D eigenvalue weighted by atomic mass is 16.5. The first kappa shape index (κ1) is 22.7. The third-order valence-electron chi connectivity index (χ3n) is 5.35. The van der Waals surface area contributed by atoms with Gasteiger partial charge in [0.2, 0.25) is 11.8 Å². The lowest BCUT2D eigenvalue weighted by molar-refractivity contribution is -0.132. The Hall–Kier alpha value is -3.02. The van der Waals surface area contributed by atoms with Crippen LogP contribution < -0.4 is 14.8 Å². The summed E-state index contributed by atoms with van der Waals surface area (Å²) in [6.45, 7) is 7.46. The molecule has 1 aliphatic heterocycles. The fourth-order valence-corrected chi connectivity index (χ4v) is 3.88. The highest BCUT2D eigenvalue weighted by Gasteiger charge is 2.30. The second-order valence-corrected chi connectivity index (χ2v) is 7.79. The Morgan fingerprint density at radius 2 is 1.74 bits per heavy atom. The fourth-order valence-electron chi connectivity index (χ4n) is 3.88. The molecule has 0 bridgehead atoms. The van der Waals surface area contributed by atoms with Crippen molar-refractivity contribution >= 4 is 17.5 Å². The van der Waals surface area contributed by atoms with Gasteiger partial charge >= 0.3 is 0 Å². The molecule has 1 N–H and O–H groups in total. The smallest absolute Gasteiger partial charge is 0.226 e. The summed E-state index contributed by atoms with van der Waals surface area (Å²) in [5.41, 5.74) is 2.90. The quantitative estimate of drug-likeness (QED) is 0.631. The summed E-state index contributed by atoms with van der Waals surface area (Å²) in [5, 5.41) is 2.97. The zero-order valence-corrected chi connectivity index (χ0v) is 18.6. The number of nitrogens with one attached hydrogen (secondary N) is 1. The monoisotopic (exact) mass is 424 g/mol. The van der Waals surface area contributed by atoms with Crippen LogP contribution in [0.1, 0.15) is 57.2 Å². The average Bonchev–Trinajstić information content (AvgIpc) is 2.77. The van der Waals surface area contributed by atoms with Crippen molar-refractivity contribution in [3.05, 3.63) is 53.6 Å². The van der Waals surface area contributed by atoms with E-state index in [-0.39, 0.29) is 24.3 Å². The molecular formula is C25H32N2O4. The minimum Gasteiger partial charge on any atom is -0.490 e. The third kappa shape index (κ3) is 5.78. The maximum Gasteiger partial charge on any atom is 0.226 e. The van der Waals surface area contributed by atoms with E-state index in [9.17, 15) is 9.59 Å². The number of anilines is 1. The number of carbonyl (C=O) groups excluding carboxylic acids is 2. The fraction of sp³-hybridized carbons (Fsp3) is 0.440. The van der Waals surface area contributed by atoms with Gasteiger partial charge < -0.3 is 19.7 Å². The van der Waals surface area contributed by atoms with Gasteiger partial charge in [0, 0.05) is 25.2 Å².